The molecule has 0 amide bonds. The molecular formula is C13H20BrNOS. The van der Waals surface area contributed by atoms with Crippen molar-refractivity contribution in [3.05, 3.63) is 20.8 Å². The van der Waals surface area contributed by atoms with E-state index in [1.165, 1.54) is 28.6 Å². The van der Waals surface area contributed by atoms with E-state index in [1.54, 1.807) is 11.3 Å². The highest BCUT2D eigenvalue weighted by Crippen LogP contribution is 2.25. The second kappa shape index (κ2) is 6.88. The van der Waals surface area contributed by atoms with E-state index in [0.717, 1.165) is 25.9 Å². The monoisotopic (exact) mass is 317 g/mol. The average Bonchev–Trinajstić information content (AvgIpc) is 2.74. The normalized spacial score (nSPS) is 22.6. The average molecular weight is 318 g/mol. The molecule has 2 nitrogen and oxygen atoms in total. The third-order valence-corrected chi connectivity index (χ3v) is 5.22. The summed E-state index contributed by atoms with van der Waals surface area (Å²) >= 11 is 5.33. The van der Waals surface area contributed by atoms with Crippen LogP contribution in [0.1, 0.15) is 37.0 Å². The SMILES string of the molecule is NC(CCC1CCCCO1)Cc1sccc1Br. The Morgan fingerprint density at radius 1 is 1.53 bits per heavy atom. The standard InChI is InChI=1S/C13H20BrNOS/c14-12-6-8-17-13(12)9-10(15)4-5-11-3-1-2-7-16-11/h6,8,10-11H,1-5,7,9,15H2. The molecule has 2 rings (SSSR count). The van der Waals surface area contributed by atoms with Crippen LogP contribution in [0.3, 0.4) is 0 Å². The maximum Gasteiger partial charge on any atom is 0.0575 e. The minimum Gasteiger partial charge on any atom is -0.378 e. The smallest absolute Gasteiger partial charge is 0.0575 e. The molecule has 2 atom stereocenters. The minimum absolute atomic E-state index is 0.260. The van der Waals surface area contributed by atoms with Gasteiger partial charge in [-0.2, -0.15) is 0 Å². The van der Waals surface area contributed by atoms with Gasteiger partial charge < -0.3 is 10.5 Å². The molecule has 4 heteroatoms. The molecule has 0 aliphatic carbocycles. The lowest BCUT2D eigenvalue weighted by Crippen LogP contribution is -2.26. The van der Waals surface area contributed by atoms with Gasteiger partial charge in [0.15, 0.2) is 0 Å². The number of nitrogens with two attached hydrogens (primary N) is 1. The van der Waals surface area contributed by atoms with Gasteiger partial charge in [0.2, 0.25) is 0 Å². The summed E-state index contributed by atoms with van der Waals surface area (Å²) in [5, 5.41) is 2.11. The topological polar surface area (TPSA) is 35.2 Å². The lowest BCUT2D eigenvalue weighted by atomic mass is 10.0. The molecule has 2 unspecified atom stereocenters. The van der Waals surface area contributed by atoms with Crippen LogP contribution in [0.4, 0.5) is 0 Å². The fourth-order valence-electron chi connectivity index (χ4n) is 2.25. The van der Waals surface area contributed by atoms with Crippen molar-refractivity contribution in [2.75, 3.05) is 6.61 Å². The fraction of sp³-hybridized carbons (Fsp3) is 0.692. The Morgan fingerprint density at radius 2 is 2.41 bits per heavy atom. The van der Waals surface area contributed by atoms with Crippen LogP contribution in [-0.4, -0.2) is 18.8 Å². The van der Waals surface area contributed by atoms with Gasteiger partial charge in [0.05, 0.1) is 6.10 Å². The van der Waals surface area contributed by atoms with Crippen LogP contribution in [0.25, 0.3) is 0 Å². The zero-order valence-electron chi connectivity index (χ0n) is 10.0. The van der Waals surface area contributed by atoms with Gasteiger partial charge in [0, 0.05) is 22.0 Å². The van der Waals surface area contributed by atoms with Crippen LogP contribution in [-0.2, 0) is 11.2 Å². The molecule has 17 heavy (non-hydrogen) atoms. The number of ether oxygens (including phenoxy) is 1. The molecule has 1 aliphatic heterocycles. The first-order valence-corrected chi connectivity index (χ1v) is 8.02. The van der Waals surface area contributed by atoms with E-state index in [2.05, 4.69) is 27.4 Å². The molecule has 1 fully saturated rings. The van der Waals surface area contributed by atoms with E-state index in [9.17, 15) is 0 Å². The molecular weight excluding hydrogens is 298 g/mol. The first-order chi connectivity index (χ1) is 8.25. The number of hydrogen-bond donors (Lipinski definition) is 1. The molecule has 0 bridgehead atoms. The summed E-state index contributed by atoms with van der Waals surface area (Å²) in [6.45, 7) is 0.941. The Bertz CT molecular complexity index is 336. The summed E-state index contributed by atoms with van der Waals surface area (Å²) in [4.78, 5) is 1.36. The van der Waals surface area contributed by atoms with Crippen LogP contribution < -0.4 is 5.73 Å². The maximum absolute atomic E-state index is 6.18. The van der Waals surface area contributed by atoms with E-state index in [-0.39, 0.29) is 6.04 Å². The number of thiophene rings is 1. The predicted molar refractivity (Wildman–Crippen MR) is 76.5 cm³/mol. The van der Waals surface area contributed by atoms with Crippen molar-refractivity contribution in [2.45, 2.75) is 50.7 Å². The lowest BCUT2D eigenvalue weighted by Gasteiger charge is -2.23. The number of hydrogen-bond acceptors (Lipinski definition) is 3. The lowest BCUT2D eigenvalue weighted by molar-refractivity contribution is 0.00916. The molecule has 1 aromatic rings. The van der Waals surface area contributed by atoms with Crippen molar-refractivity contribution in [2.24, 2.45) is 5.73 Å². The van der Waals surface area contributed by atoms with E-state index in [0.29, 0.717) is 6.10 Å². The largest absolute Gasteiger partial charge is 0.378 e. The van der Waals surface area contributed by atoms with E-state index in [4.69, 9.17) is 10.5 Å². The molecule has 1 saturated heterocycles. The molecule has 1 aliphatic rings. The highest BCUT2D eigenvalue weighted by atomic mass is 79.9. The van der Waals surface area contributed by atoms with Crippen molar-refractivity contribution in [3.8, 4) is 0 Å². The van der Waals surface area contributed by atoms with Crippen LogP contribution in [0, 0.1) is 0 Å². The van der Waals surface area contributed by atoms with Gasteiger partial charge in [-0.3, -0.25) is 0 Å². The Balaban J connectivity index is 1.70. The number of rotatable bonds is 5. The van der Waals surface area contributed by atoms with E-state index in [1.807, 2.05) is 0 Å². The highest BCUT2D eigenvalue weighted by Gasteiger charge is 2.16. The first-order valence-electron chi connectivity index (χ1n) is 6.35. The van der Waals surface area contributed by atoms with Crippen LogP contribution in [0.2, 0.25) is 0 Å². The zero-order valence-corrected chi connectivity index (χ0v) is 12.4. The Kier molecular flexibility index (Phi) is 5.48. The van der Waals surface area contributed by atoms with Crippen LogP contribution >= 0.6 is 27.3 Å². The predicted octanol–water partition coefficient (Wildman–Crippen LogP) is 3.73. The second-order valence-electron chi connectivity index (χ2n) is 4.72. The van der Waals surface area contributed by atoms with Crippen molar-refractivity contribution in [3.63, 3.8) is 0 Å². The summed E-state index contributed by atoms with van der Waals surface area (Å²) in [5.41, 5.74) is 6.18. The maximum atomic E-state index is 6.18. The quantitative estimate of drug-likeness (QED) is 0.898. The van der Waals surface area contributed by atoms with Gasteiger partial charge in [-0.1, -0.05) is 0 Å². The van der Waals surface area contributed by atoms with Crippen LogP contribution in [0.5, 0.6) is 0 Å². The molecule has 0 saturated carbocycles. The summed E-state index contributed by atoms with van der Waals surface area (Å²) in [7, 11) is 0. The van der Waals surface area contributed by atoms with E-state index < -0.39 is 0 Å². The van der Waals surface area contributed by atoms with Gasteiger partial charge in [-0.05, 0) is 65.9 Å². The van der Waals surface area contributed by atoms with Gasteiger partial charge in [0.1, 0.15) is 0 Å². The number of halogens is 1. The highest BCUT2D eigenvalue weighted by molar-refractivity contribution is 9.10. The Labute approximate surface area is 116 Å². The molecule has 2 heterocycles. The molecule has 0 radical (unpaired) electrons. The van der Waals surface area contributed by atoms with Crippen molar-refractivity contribution in [1.29, 1.82) is 0 Å². The third-order valence-electron chi connectivity index (χ3n) is 3.27. The van der Waals surface area contributed by atoms with Crippen LogP contribution in [0.15, 0.2) is 15.9 Å². The van der Waals surface area contributed by atoms with Crippen molar-refractivity contribution in [1.82, 2.24) is 0 Å². The summed E-state index contributed by atoms with van der Waals surface area (Å²) in [6, 6.07) is 2.35. The zero-order chi connectivity index (χ0) is 12.1. The van der Waals surface area contributed by atoms with Gasteiger partial charge >= 0.3 is 0 Å². The molecule has 0 aromatic carbocycles. The van der Waals surface area contributed by atoms with Crippen molar-refractivity contribution >= 4 is 27.3 Å². The third kappa shape index (κ3) is 4.36. The Hall–Kier alpha value is 0.100. The molecule has 96 valence electrons. The summed E-state index contributed by atoms with van der Waals surface area (Å²) in [6.07, 6.45) is 7.38. The Morgan fingerprint density at radius 3 is 3.06 bits per heavy atom. The van der Waals surface area contributed by atoms with E-state index >= 15 is 0 Å². The van der Waals surface area contributed by atoms with Gasteiger partial charge in [0.25, 0.3) is 0 Å². The minimum atomic E-state index is 0.260. The summed E-state index contributed by atoms with van der Waals surface area (Å²) in [5.74, 6) is 0. The molecule has 2 N–H and O–H groups in total. The molecule has 0 spiro atoms. The van der Waals surface area contributed by atoms with Gasteiger partial charge in [-0.15, -0.1) is 11.3 Å². The fourth-order valence-corrected chi connectivity index (χ4v) is 3.85. The second-order valence-corrected chi connectivity index (χ2v) is 6.58. The van der Waals surface area contributed by atoms with Crippen molar-refractivity contribution < 1.29 is 4.74 Å². The first kappa shape index (κ1) is 13.5. The molecule has 1 aromatic heterocycles. The van der Waals surface area contributed by atoms with Gasteiger partial charge in [-0.25, -0.2) is 0 Å². The summed E-state index contributed by atoms with van der Waals surface area (Å²) < 4.78 is 6.93.